The van der Waals surface area contributed by atoms with Crippen molar-refractivity contribution in [1.29, 1.82) is 0 Å². The van der Waals surface area contributed by atoms with Crippen molar-refractivity contribution < 1.29 is 4.79 Å². The Bertz CT molecular complexity index is 548. The molecule has 0 N–H and O–H groups in total. The first-order valence-corrected chi connectivity index (χ1v) is 6.32. The summed E-state index contributed by atoms with van der Waals surface area (Å²) in [4.78, 5) is 11.2. The Morgan fingerprint density at radius 2 is 2.06 bits per heavy atom. The van der Waals surface area contributed by atoms with Gasteiger partial charge >= 0.3 is 0 Å². The fourth-order valence-corrected chi connectivity index (χ4v) is 1.99. The van der Waals surface area contributed by atoms with E-state index in [2.05, 4.69) is 21.0 Å². The Hall–Kier alpha value is -1.13. The fourth-order valence-electron chi connectivity index (χ4n) is 1.58. The van der Waals surface area contributed by atoms with Gasteiger partial charge in [-0.3, -0.25) is 9.48 Å². The number of hydrogen-bond donors (Lipinski definition) is 0. The number of carbonyl (C=O) groups is 1. The molecule has 0 unspecified atom stereocenters. The van der Waals surface area contributed by atoms with E-state index in [-0.39, 0.29) is 0 Å². The first-order valence-electron chi connectivity index (χ1n) is 5.15. The van der Waals surface area contributed by atoms with E-state index in [1.54, 1.807) is 10.7 Å². The summed E-state index contributed by atoms with van der Waals surface area (Å²) in [6, 6.07) is 9.46. The van der Waals surface area contributed by atoms with Crippen molar-refractivity contribution in [3.8, 4) is 11.3 Å². The number of carbonyl (C=O) groups excluding carboxylic acids is 1. The first kappa shape index (κ1) is 12.3. The molecule has 0 saturated carbocycles. The van der Waals surface area contributed by atoms with Gasteiger partial charge in [0, 0.05) is 16.6 Å². The lowest BCUT2D eigenvalue weighted by Gasteiger charge is -1.98. The third-order valence-corrected chi connectivity index (χ3v) is 3.14. The molecule has 0 amide bonds. The maximum absolute atomic E-state index is 11.2. The molecule has 1 aromatic heterocycles. The molecule has 0 saturated heterocycles. The van der Waals surface area contributed by atoms with Crippen molar-refractivity contribution >= 4 is 32.8 Å². The zero-order valence-corrected chi connectivity index (χ0v) is 11.5. The molecule has 1 heterocycles. The van der Waals surface area contributed by atoms with Gasteiger partial charge in [0.1, 0.15) is 5.69 Å². The third kappa shape index (κ3) is 2.58. The van der Waals surface area contributed by atoms with Crippen LogP contribution in [-0.2, 0) is 6.54 Å². The van der Waals surface area contributed by atoms with Crippen molar-refractivity contribution in [1.82, 2.24) is 9.78 Å². The summed E-state index contributed by atoms with van der Waals surface area (Å²) in [5.74, 6) is 0. The minimum absolute atomic E-state index is 0.423. The van der Waals surface area contributed by atoms with Crippen molar-refractivity contribution in [3.05, 3.63) is 40.5 Å². The molecule has 0 radical (unpaired) electrons. The van der Waals surface area contributed by atoms with E-state index in [0.29, 0.717) is 12.2 Å². The first-order chi connectivity index (χ1) is 8.11. The number of aryl methyl sites for hydroxylation is 1. The van der Waals surface area contributed by atoms with Gasteiger partial charge in [-0.15, -0.1) is 0 Å². The quantitative estimate of drug-likeness (QED) is 0.810. The summed E-state index contributed by atoms with van der Waals surface area (Å²) < 4.78 is 2.61. The van der Waals surface area contributed by atoms with Crippen LogP contribution in [0.2, 0.25) is 0 Å². The highest BCUT2D eigenvalue weighted by molar-refractivity contribution is 9.10. The molecule has 0 aliphatic heterocycles. The average molecular weight is 314 g/mol. The van der Waals surface area contributed by atoms with E-state index in [4.69, 9.17) is 11.6 Å². The second-order valence-electron chi connectivity index (χ2n) is 3.51. The SMILES string of the molecule is CCn1nc(-c2ccc(Br)cc2)cc1C(=O)Cl. The standard InChI is InChI=1S/C12H10BrClN2O/c1-2-16-11(12(14)17)7-10(15-16)8-3-5-9(13)6-4-8/h3-7H,2H2,1H3. The third-order valence-electron chi connectivity index (χ3n) is 2.42. The molecule has 0 aliphatic rings. The van der Waals surface area contributed by atoms with E-state index in [0.717, 1.165) is 15.7 Å². The Morgan fingerprint density at radius 1 is 1.41 bits per heavy atom. The Kier molecular flexibility index (Phi) is 3.64. The topological polar surface area (TPSA) is 34.9 Å². The zero-order chi connectivity index (χ0) is 12.4. The molecule has 0 atom stereocenters. The van der Waals surface area contributed by atoms with Crippen LogP contribution in [0.5, 0.6) is 0 Å². The van der Waals surface area contributed by atoms with Gasteiger partial charge in [0.15, 0.2) is 0 Å². The molecule has 0 bridgehead atoms. The zero-order valence-electron chi connectivity index (χ0n) is 9.15. The normalized spacial score (nSPS) is 10.5. The van der Waals surface area contributed by atoms with E-state index in [1.165, 1.54) is 0 Å². The van der Waals surface area contributed by atoms with Gasteiger partial charge in [0.05, 0.1) is 5.69 Å². The molecule has 2 rings (SSSR count). The van der Waals surface area contributed by atoms with Gasteiger partial charge in [0.25, 0.3) is 5.24 Å². The number of hydrogen-bond acceptors (Lipinski definition) is 2. The van der Waals surface area contributed by atoms with E-state index < -0.39 is 5.24 Å². The van der Waals surface area contributed by atoms with Crippen LogP contribution in [-0.4, -0.2) is 15.0 Å². The summed E-state index contributed by atoms with van der Waals surface area (Å²) in [5.41, 5.74) is 2.13. The Balaban J connectivity index is 2.46. The maximum Gasteiger partial charge on any atom is 0.270 e. The van der Waals surface area contributed by atoms with E-state index >= 15 is 0 Å². The highest BCUT2D eigenvalue weighted by Gasteiger charge is 2.13. The van der Waals surface area contributed by atoms with Gasteiger partial charge in [-0.25, -0.2) is 0 Å². The lowest BCUT2D eigenvalue weighted by molar-refractivity contribution is 0.107. The van der Waals surface area contributed by atoms with Crippen LogP contribution < -0.4 is 0 Å². The highest BCUT2D eigenvalue weighted by atomic mass is 79.9. The Morgan fingerprint density at radius 3 is 2.53 bits per heavy atom. The summed E-state index contributed by atoms with van der Waals surface area (Å²) >= 11 is 8.88. The molecule has 5 heteroatoms. The van der Waals surface area contributed by atoms with Crippen LogP contribution >= 0.6 is 27.5 Å². The molecule has 17 heavy (non-hydrogen) atoms. The molecule has 1 aromatic carbocycles. The van der Waals surface area contributed by atoms with Gasteiger partial charge in [-0.1, -0.05) is 28.1 Å². The van der Waals surface area contributed by atoms with Crippen LogP contribution in [0.1, 0.15) is 17.4 Å². The van der Waals surface area contributed by atoms with Crippen LogP contribution in [0.25, 0.3) is 11.3 Å². The van der Waals surface area contributed by atoms with Crippen molar-refractivity contribution in [3.63, 3.8) is 0 Å². The fraction of sp³-hybridized carbons (Fsp3) is 0.167. The number of nitrogens with zero attached hydrogens (tertiary/aromatic N) is 2. The molecule has 0 aliphatic carbocycles. The second-order valence-corrected chi connectivity index (χ2v) is 4.77. The lowest BCUT2D eigenvalue weighted by atomic mass is 10.1. The minimum atomic E-state index is -0.484. The van der Waals surface area contributed by atoms with Gasteiger partial charge < -0.3 is 0 Å². The van der Waals surface area contributed by atoms with Crippen LogP contribution in [0, 0.1) is 0 Å². The van der Waals surface area contributed by atoms with Crippen LogP contribution in [0.15, 0.2) is 34.8 Å². The van der Waals surface area contributed by atoms with E-state index in [1.807, 2.05) is 31.2 Å². The van der Waals surface area contributed by atoms with Gasteiger partial charge in [0.2, 0.25) is 0 Å². The minimum Gasteiger partial charge on any atom is -0.274 e. The number of aromatic nitrogens is 2. The number of halogens is 2. The number of rotatable bonds is 3. The molecule has 2 aromatic rings. The summed E-state index contributed by atoms with van der Waals surface area (Å²) in [6.45, 7) is 2.53. The molecule has 88 valence electrons. The Labute approximate surface area is 113 Å². The molecule has 0 fully saturated rings. The average Bonchev–Trinajstić information content (AvgIpc) is 2.74. The monoisotopic (exact) mass is 312 g/mol. The number of benzene rings is 1. The van der Waals surface area contributed by atoms with Gasteiger partial charge in [-0.2, -0.15) is 5.10 Å². The summed E-state index contributed by atoms with van der Waals surface area (Å²) in [7, 11) is 0. The summed E-state index contributed by atoms with van der Waals surface area (Å²) in [5, 5.41) is 3.86. The maximum atomic E-state index is 11.2. The summed E-state index contributed by atoms with van der Waals surface area (Å²) in [6.07, 6.45) is 0. The van der Waals surface area contributed by atoms with Gasteiger partial charge in [-0.05, 0) is 36.7 Å². The van der Waals surface area contributed by atoms with Crippen molar-refractivity contribution in [2.24, 2.45) is 0 Å². The highest BCUT2D eigenvalue weighted by Crippen LogP contribution is 2.22. The van der Waals surface area contributed by atoms with Crippen LogP contribution in [0.4, 0.5) is 0 Å². The molecular weight excluding hydrogens is 304 g/mol. The largest absolute Gasteiger partial charge is 0.274 e. The lowest BCUT2D eigenvalue weighted by Crippen LogP contribution is -2.04. The van der Waals surface area contributed by atoms with Crippen molar-refractivity contribution in [2.45, 2.75) is 13.5 Å². The smallest absolute Gasteiger partial charge is 0.270 e. The molecular formula is C12H10BrClN2O. The molecule has 0 spiro atoms. The predicted molar refractivity (Wildman–Crippen MR) is 71.2 cm³/mol. The van der Waals surface area contributed by atoms with E-state index in [9.17, 15) is 4.79 Å². The van der Waals surface area contributed by atoms with Crippen molar-refractivity contribution in [2.75, 3.05) is 0 Å². The predicted octanol–water partition coefficient (Wildman–Crippen LogP) is 3.71. The van der Waals surface area contributed by atoms with Crippen LogP contribution in [0.3, 0.4) is 0 Å². The molecule has 3 nitrogen and oxygen atoms in total. The second kappa shape index (κ2) is 5.02.